The van der Waals surface area contributed by atoms with E-state index in [9.17, 15) is 0 Å². The van der Waals surface area contributed by atoms with E-state index in [0.29, 0.717) is 0 Å². The maximum atomic E-state index is 5.81. The van der Waals surface area contributed by atoms with Crippen LogP contribution in [0.2, 0.25) is 0 Å². The number of nitrogens with one attached hydrogen (secondary N) is 1. The second-order valence-electron chi connectivity index (χ2n) is 4.39. The molecular weight excluding hydrogens is 218 g/mol. The molecule has 2 atom stereocenters. The van der Waals surface area contributed by atoms with E-state index >= 15 is 0 Å². The average molecular weight is 239 g/mol. The standard InChI is InChI=1S/C11H21N5O/c1-3-16-4-5-17-10(8-16)11(14-12)9-6-13-15(2)7-9/h6-7,10-11,14H,3-5,8,12H2,1-2H3. The highest BCUT2D eigenvalue weighted by molar-refractivity contribution is 5.12. The predicted octanol–water partition coefficient (Wildman–Crippen LogP) is -0.355. The zero-order valence-corrected chi connectivity index (χ0v) is 10.5. The number of nitrogens with zero attached hydrogens (tertiary/aromatic N) is 3. The quantitative estimate of drug-likeness (QED) is 0.555. The molecular formula is C11H21N5O. The maximum absolute atomic E-state index is 5.81. The van der Waals surface area contributed by atoms with Crippen LogP contribution in [0.4, 0.5) is 0 Å². The smallest absolute Gasteiger partial charge is 0.0911 e. The summed E-state index contributed by atoms with van der Waals surface area (Å²) in [5.74, 6) is 5.65. The molecule has 2 unspecified atom stereocenters. The molecule has 0 aliphatic carbocycles. The van der Waals surface area contributed by atoms with Gasteiger partial charge in [0, 0.05) is 31.9 Å². The molecule has 0 amide bonds. The van der Waals surface area contributed by atoms with E-state index in [1.165, 1.54) is 0 Å². The second kappa shape index (κ2) is 5.59. The van der Waals surface area contributed by atoms with Gasteiger partial charge in [0.2, 0.25) is 0 Å². The first-order chi connectivity index (χ1) is 8.24. The van der Waals surface area contributed by atoms with Crippen LogP contribution in [0.1, 0.15) is 18.5 Å². The molecule has 0 aromatic carbocycles. The van der Waals surface area contributed by atoms with Crippen molar-refractivity contribution in [2.24, 2.45) is 12.9 Å². The molecule has 0 saturated carbocycles. The summed E-state index contributed by atoms with van der Waals surface area (Å²) in [6, 6.07) is -0.00181. The summed E-state index contributed by atoms with van der Waals surface area (Å²) in [4.78, 5) is 2.37. The van der Waals surface area contributed by atoms with Gasteiger partial charge >= 0.3 is 0 Å². The van der Waals surface area contributed by atoms with E-state index in [1.807, 2.05) is 19.4 Å². The van der Waals surface area contributed by atoms with Gasteiger partial charge < -0.3 is 4.74 Å². The van der Waals surface area contributed by atoms with Gasteiger partial charge in [-0.1, -0.05) is 6.92 Å². The zero-order valence-electron chi connectivity index (χ0n) is 10.5. The van der Waals surface area contributed by atoms with Crippen molar-refractivity contribution >= 4 is 0 Å². The summed E-state index contributed by atoms with van der Waals surface area (Å²) < 4.78 is 7.58. The first-order valence-electron chi connectivity index (χ1n) is 6.03. The molecule has 1 aromatic heterocycles. The molecule has 0 radical (unpaired) electrons. The molecule has 6 nitrogen and oxygen atoms in total. The van der Waals surface area contributed by atoms with Crippen LogP contribution in [-0.4, -0.2) is 47.0 Å². The topological polar surface area (TPSA) is 68.3 Å². The van der Waals surface area contributed by atoms with Gasteiger partial charge in [0.1, 0.15) is 0 Å². The van der Waals surface area contributed by atoms with Crippen molar-refractivity contribution in [1.82, 2.24) is 20.1 Å². The molecule has 0 bridgehead atoms. The van der Waals surface area contributed by atoms with Crippen LogP contribution in [0.15, 0.2) is 12.4 Å². The Hall–Kier alpha value is -0.950. The van der Waals surface area contributed by atoms with Gasteiger partial charge in [0.15, 0.2) is 0 Å². The van der Waals surface area contributed by atoms with Crippen molar-refractivity contribution in [3.63, 3.8) is 0 Å². The van der Waals surface area contributed by atoms with Crippen molar-refractivity contribution in [2.45, 2.75) is 19.1 Å². The molecule has 2 rings (SSSR count). The van der Waals surface area contributed by atoms with Gasteiger partial charge in [-0.2, -0.15) is 5.10 Å². The Morgan fingerprint density at radius 2 is 2.53 bits per heavy atom. The highest BCUT2D eigenvalue weighted by Gasteiger charge is 2.28. The highest BCUT2D eigenvalue weighted by atomic mass is 16.5. The molecule has 17 heavy (non-hydrogen) atoms. The lowest BCUT2D eigenvalue weighted by molar-refractivity contribution is -0.0456. The summed E-state index contributed by atoms with van der Waals surface area (Å²) in [7, 11) is 1.90. The Bertz CT molecular complexity index is 353. The number of likely N-dealkylation sites (N-methyl/N-ethyl adjacent to an activating group) is 1. The second-order valence-corrected chi connectivity index (χ2v) is 4.39. The summed E-state index contributed by atoms with van der Waals surface area (Å²) in [6.07, 6.45) is 3.88. The molecule has 1 aliphatic heterocycles. The number of rotatable bonds is 4. The fourth-order valence-electron chi connectivity index (χ4n) is 2.24. The van der Waals surface area contributed by atoms with Crippen LogP contribution in [-0.2, 0) is 11.8 Å². The fourth-order valence-corrected chi connectivity index (χ4v) is 2.24. The van der Waals surface area contributed by atoms with E-state index in [4.69, 9.17) is 10.6 Å². The number of aryl methyl sites for hydroxylation is 1. The number of hydrogen-bond acceptors (Lipinski definition) is 5. The van der Waals surface area contributed by atoms with Crippen LogP contribution in [0.25, 0.3) is 0 Å². The molecule has 2 heterocycles. The van der Waals surface area contributed by atoms with Crippen molar-refractivity contribution in [3.05, 3.63) is 18.0 Å². The van der Waals surface area contributed by atoms with Crippen LogP contribution in [0.3, 0.4) is 0 Å². The van der Waals surface area contributed by atoms with E-state index < -0.39 is 0 Å². The van der Waals surface area contributed by atoms with Crippen LogP contribution in [0, 0.1) is 0 Å². The van der Waals surface area contributed by atoms with Crippen molar-refractivity contribution < 1.29 is 4.74 Å². The SMILES string of the molecule is CCN1CCOC(C(NN)c2cnn(C)c2)C1. The van der Waals surface area contributed by atoms with Crippen LogP contribution < -0.4 is 11.3 Å². The number of hydrazine groups is 1. The third-order valence-corrected chi connectivity index (χ3v) is 3.26. The number of morpholine rings is 1. The lowest BCUT2D eigenvalue weighted by Crippen LogP contribution is -2.49. The third kappa shape index (κ3) is 2.84. The molecule has 1 aliphatic rings. The minimum absolute atomic E-state index is 0.00181. The average Bonchev–Trinajstić information content (AvgIpc) is 2.77. The van der Waals surface area contributed by atoms with Gasteiger partial charge in [-0.3, -0.25) is 20.9 Å². The molecule has 0 spiro atoms. The van der Waals surface area contributed by atoms with Gasteiger partial charge in [-0.25, -0.2) is 0 Å². The van der Waals surface area contributed by atoms with E-state index in [0.717, 1.165) is 31.8 Å². The summed E-state index contributed by atoms with van der Waals surface area (Å²) >= 11 is 0. The zero-order chi connectivity index (χ0) is 12.3. The highest BCUT2D eigenvalue weighted by Crippen LogP contribution is 2.21. The summed E-state index contributed by atoms with van der Waals surface area (Å²) in [6.45, 7) is 5.87. The molecule has 1 saturated heterocycles. The summed E-state index contributed by atoms with van der Waals surface area (Å²) in [5, 5.41) is 4.17. The maximum Gasteiger partial charge on any atom is 0.0911 e. The fraction of sp³-hybridized carbons (Fsp3) is 0.727. The van der Waals surface area contributed by atoms with Gasteiger partial charge in [0.05, 0.1) is 24.9 Å². The first-order valence-corrected chi connectivity index (χ1v) is 6.03. The molecule has 96 valence electrons. The molecule has 3 N–H and O–H groups in total. The lowest BCUT2D eigenvalue weighted by Gasteiger charge is -2.35. The monoisotopic (exact) mass is 239 g/mol. The third-order valence-electron chi connectivity index (χ3n) is 3.26. The van der Waals surface area contributed by atoms with Gasteiger partial charge in [-0.05, 0) is 6.54 Å². The molecule has 1 aromatic rings. The Morgan fingerprint density at radius 3 is 3.12 bits per heavy atom. The van der Waals surface area contributed by atoms with E-state index in [2.05, 4.69) is 22.3 Å². The largest absolute Gasteiger partial charge is 0.374 e. The van der Waals surface area contributed by atoms with Crippen molar-refractivity contribution in [3.8, 4) is 0 Å². The Labute approximate surface area is 102 Å². The number of aromatic nitrogens is 2. The Morgan fingerprint density at radius 1 is 1.71 bits per heavy atom. The first kappa shape index (κ1) is 12.5. The number of nitrogens with two attached hydrogens (primary N) is 1. The Balaban J connectivity index is 2.07. The summed E-state index contributed by atoms with van der Waals surface area (Å²) in [5.41, 5.74) is 3.91. The molecule has 1 fully saturated rings. The van der Waals surface area contributed by atoms with Crippen molar-refractivity contribution in [2.75, 3.05) is 26.2 Å². The van der Waals surface area contributed by atoms with Gasteiger partial charge in [-0.15, -0.1) is 0 Å². The lowest BCUT2D eigenvalue weighted by atomic mass is 10.0. The minimum Gasteiger partial charge on any atom is -0.374 e. The normalized spacial score (nSPS) is 23.8. The number of hydrogen-bond donors (Lipinski definition) is 2. The van der Waals surface area contributed by atoms with Crippen molar-refractivity contribution in [1.29, 1.82) is 0 Å². The van der Waals surface area contributed by atoms with Crippen LogP contribution in [0.5, 0.6) is 0 Å². The molecule has 6 heteroatoms. The van der Waals surface area contributed by atoms with E-state index in [-0.39, 0.29) is 12.1 Å². The Kier molecular flexibility index (Phi) is 4.11. The predicted molar refractivity (Wildman–Crippen MR) is 65.1 cm³/mol. The van der Waals surface area contributed by atoms with E-state index in [1.54, 1.807) is 4.68 Å². The number of ether oxygens (including phenoxy) is 1. The van der Waals surface area contributed by atoms with Gasteiger partial charge in [0.25, 0.3) is 0 Å². The van der Waals surface area contributed by atoms with Crippen LogP contribution >= 0.6 is 0 Å². The minimum atomic E-state index is -0.00181.